The largest absolute Gasteiger partial charge is 0.396 e. The molecule has 24 heavy (non-hydrogen) atoms. The van der Waals surface area contributed by atoms with Gasteiger partial charge in [0.1, 0.15) is 0 Å². The van der Waals surface area contributed by atoms with Gasteiger partial charge in [0.15, 0.2) is 0 Å². The van der Waals surface area contributed by atoms with E-state index in [1.165, 1.54) is 17.0 Å². The Labute approximate surface area is 138 Å². The molecule has 0 radical (unpaired) electrons. The number of aromatic nitrogens is 1. The predicted molar refractivity (Wildman–Crippen MR) is 84.8 cm³/mol. The van der Waals surface area contributed by atoms with Gasteiger partial charge in [-0.25, -0.2) is 0 Å². The third kappa shape index (κ3) is 3.42. The Morgan fingerprint density at radius 1 is 1.17 bits per heavy atom. The maximum atomic E-state index is 13.4. The molecule has 126 valence electrons. The number of nitrogens with zero attached hydrogens (tertiary/aromatic N) is 2. The van der Waals surface area contributed by atoms with Crippen LogP contribution in [0.5, 0.6) is 0 Å². The van der Waals surface area contributed by atoms with Crippen molar-refractivity contribution < 1.29 is 18.0 Å². The van der Waals surface area contributed by atoms with E-state index in [1.807, 2.05) is 0 Å². The van der Waals surface area contributed by atoms with Crippen LogP contribution in [0.25, 0.3) is 0 Å². The minimum atomic E-state index is -4.47. The van der Waals surface area contributed by atoms with E-state index in [0.717, 1.165) is 12.1 Å². The molecule has 2 heterocycles. The summed E-state index contributed by atoms with van der Waals surface area (Å²) < 4.78 is 40.3. The molecular weight excluding hydrogens is 317 g/mol. The number of benzene rings is 1. The average molecular weight is 334 g/mol. The number of alkyl halides is 3. The minimum Gasteiger partial charge on any atom is -0.311 e. The summed E-state index contributed by atoms with van der Waals surface area (Å²) >= 11 is 0. The van der Waals surface area contributed by atoms with E-state index in [9.17, 15) is 18.0 Å². The molecule has 1 aliphatic rings. The third-order valence-corrected chi connectivity index (χ3v) is 4.23. The van der Waals surface area contributed by atoms with E-state index < -0.39 is 24.4 Å². The molecule has 3 rings (SSSR count). The van der Waals surface area contributed by atoms with Gasteiger partial charge in [0, 0.05) is 19.2 Å². The maximum Gasteiger partial charge on any atom is 0.396 e. The van der Waals surface area contributed by atoms with Crippen LogP contribution in [0.4, 0.5) is 18.9 Å². The Kier molecular flexibility index (Phi) is 4.55. The van der Waals surface area contributed by atoms with Gasteiger partial charge < -0.3 is 4.90 Å². The molecule has 0 saturated heterocycles. The van der Waals surface area contributed by atoms with E-state index in [0.29, 0.717) is 18.7 Å². The first kappa shape index (κ1) is 16.5. The van der Waals surface area contributed by atoms with Gasteiger partial charge in [-0.15, -0.1) is 0 Å². The fourth-order valence-electron chi connectivity index (χ4n) is 3.04. The smallest absolute Gasteiger partial charge is 0.311 e. The van der Waals surface area contributed by atoms with Gasteiger partial charge in [0.25, 0.3) is 0 Å². The average Bonchev–Trinajstić information content (AvgIpc) is 2.58. The predicted octanol–water partition coefficient (Wildman–Crippen LogP) is 4.10. The van der Waals surface area contributed by atoms with Gasteiger partial charge in [-0.1, -0.05) is 30.3 Å². The highest BCUT2D eigenvalue weighted by Crippen LogP contribution is 2.38. The molecule has 0 fully saturated rings. The van der Waals surface area contributed by atoms with E-state index in [1.54, 1.807) is 36.5 Å². The number of pyridine rings is 1. The van der Waals surface area contributed by atoms with Crippen LogP contribution in [-0.2, 0) is 11.2 Å². The van der Waals surface area contributed by atoms with Crippen molar-refractivity contribution in [2.75, 3.05) is 11.4 Å². The zero-order valence-corrected chi connectivity index (χ0v) is 13.0. The van der Waals surface area contributed by atoms with Gasteiger partial charge in [-0.2, -0.15) is 13.2 Å². The molecule has 1 aromatic heterocycles. The molecule has 3 nitrogen and oxygen atoms in total. The molecule has 0 bridgehead atoms. The molecular formula is C18H17F3N2O. The lowest BCUT2D eigenvalue weighted by molar-refractivity contribution is -0.156. The van der Waals surface area contributed by atoms with Gasteiger partial charge in [0.05, 0.1) is 17.3 Å². The second kappa shape index (κ2) is 6.63. The molecule has 0 spiro atoms. The van der Waals surface area contributed by atoms with E-state index in [-0.39, 0.29) is 5.56 Å². The highest BCUT2D eigenvalue weighted by Gasteiger charge is 2.42. The summed E-state index contributed by atoms with van der Waals surface area (Å²) in [5.41, 5.74) is 1.50. The molecule has 1 aromatic carbocycles. The molecule has 0 saturated carbocycles. The van der Waals surface area contributed by atoms with Crippen molar-refractivity contribution in [3.8, 4) is 0 Å². The van der Waals surface area contributed by atoms with Crippen molar-refractivity contribution >= 4 is 11.6 Å². The second-order valence-corrected chi connectivity index (χ2v) is 5.83. The lowest BCUT2D eigenvalue weighted by Crippen LogP contribution is -2.38. The Balaban J connectivity index is 1.85. The number of anilines is 1. The lowest BCUT2D eigenvalue weighted by atomic mass is 9.94. The quantitative estimate of drug-likeness (QED) is 0.847. The van der Waals surface area contributed by atoms with Crippen LogP contribution in [0.3, 0.4) is 0 Å². The number of aryl methyl sites for hydroxylation is 1. The Bertz CT molecular complexity index is 716. The van der Waals surface area contributed by atoms with Crippen molar-refractivity contribution in [3.63, 3.8) is 0 Å². The summed E-state index contributed by atoms with van der Waals surface area (Å²) in [6.45, 7) is 0.427. The lowest BCUT2D eigenvalue weighted by Gasteiger charge is -2.30. The van der Waals surface area contributed by atoms with Crippen molar-refractivity contribution in [2.24, 2.45) is 0 Å². The van der Waals surface area contributed by atoms with E-state index in [4.69, 9.17) is 0 Å². The number of hydrogen-bond acceptors (Lipinski definition) is 2. The Morgan fingerprint density at radius 3 is 2.62 bits per heavy atom. The number of rotatable bonds is 3. The highest BCUT2D eigenvalue weighted by molar-refractivity contribution is 5.94. The first-order chi connectivity index (χ1) is 11.5. The van der Waals surface area contributed by atoms with Crippen molar-refractivity contribution in [3.05, 3.63) is 59.9 Å². The summed E-state index contributed by atoms with van der Waals surface area (Å²) in [5.74, 6) is -2.32. The fourth-order valence-corrected chi connectivity index (χ4v) is 3.04. The first-order valence-electron chi connectivity index (χ1n) is 7.83. The normalized spacial score (nSPS) is 15.7. The van der Waals surface area contributed by atoms with Crippen molar-refractivity contribution in [2.45, 2.75) is 31.4 Å². The fraction of sp³-hybridized carbons (Fsp3) is 0.333. The molecule has 0 N–H and O–H groups in total. The molecule has 6 heteroatoms. The number of halogens is 3. The van der Waals surface area contributed by atoms with Crippen LogP contribution in [0, 0.1) is 0 Å². The monoisotopic (exact) mass is 334 g/mol. The summed E-state index contributed by atoms with van der Waals surface area (Å²) in [6, 6.07) is 11.0. The molecule has 1 atom stereocenters. The zero-order chi connectivity index (χ0) is 17.2. The molecule has 1 amide bonds. The summed E-state index contributed by atoms with van der Waals surface area (Å²) in [4.78, 5) is 18.2. The number of carbonyl (C=O) groups is 1. The topological polar surface area (TPSA) is 33.2 Å². The van der Waals surface area contributed by atoms with Crippen LogP contribution in [0.15, 0.2) is 48.7 Å². The number of carbonyl (C=O) groups excluding carboxylic acids is 1. The second-order valence-electron chi connectivity index (χ2n) is 5.83. The van der Waals surface area contributed by atoms with Crippen LogP contribution < -0.4 is 4.90 Å². The molecule has 2 aromatic rings. The first-order valence-corrected chi connectivity index (χ1v) is 7.83. The number of hydrogen-bond donors (Lipinski definition) is 0. The van der Waals surface area contributed by atoms with Gasteiger partial charge >= 0.3 is 6.18 Å². The summed E-state index contributed by atoms with van der Waals surface area (Å²) in [6.07, 6.45) is -1.99. The van der Waals surface area contributed by atoms with Gasteiger partial charge in [0.2, 0.25) is 5.91 Å². The van der Waals surface area contributed by atoms with Crippen molar-refractivity contribution in [1.29, 1.82) is 0 Å². The van der Waals surface area contributed by atoms with Crippen LogP contribution >= 0.6 is 0 Å². The SMILES string of the molecule is O=C(C[C@@H](c1ccccc1)C(F)(F)F)N1CCCc2ncccc21. The summed E-state index contributed by atoms with van der Waals surface area (Å²) in [7, 11) is 0. The maximum absolute atomic E-state index is 13.4. The standard InChI is InChI=1S/C18H17F3N2O/c19-18(20,21)14(13-6-2-1-3-7-13)12-17(24)23-11-5-8-15-16(23)9-4-10-22-15/h1-4,6-7,9-10,14H,5,8,11-12H2/t14-/m0/s1. The third-order valence-electron chi connectivity index (χ3n) is 4.23. The Hall–Kier alpha value is -2.37. The Morgan fingerprint density at radius 2 is 1.92 bits per heavy atom. The van der Waals surface area contributed by atoms with E-state index >= 15 is 0 Å². The zero-order valence-electron chi connectivity index (χ0n) is 13.0. The van der Waals surface area contributed by atoms with Gasteiger partial charge in [-0.3, -0.25) is 9.78 Å². The van der Waals surface area contributed by atoms with Crippen LogP contribution in [0.1, 0.15) is 30.0 Å². The van der Waals surface area contributed by atoms with Gasteiger partial charge in [-0.05, 0) is 30.5 Å². The highest BCUT2D eigenvalue weighted by atomic mass is 19.4. The molecule has 0 aliphatic carbocycles. The molecule has 1 aliphatic heterocycles. The number of amides is 1. The number of fused-ring (bicyclic) bond motifs is 1. The van der Waals surface area contributed by atoms with E-state index in [2.05, 4.69) is 4.98 Å². The summed E-state index contributed by atoms with van der Waals surface area (Å²) in [5, 5.41) is 0. The molecule has 0 unspecified atom stereocenters. The van der Waals surface area contributed by atoms with Crippen LogP contribution in [-0.4, -0.2) is 23.6 Å². The minimum absolute atomic E-state index is 0.113. The van der Waals surface area contributed by atoms with Crippen LogP contribution in [0.2, 0.25) is 0 Å². The van der Waals surface area contributed by atoms with Crippen molar-refractivity contribution in [1.82, 2.24) is 4.98 Å².